The fourth-order valence-electron chi connectivity index (χ4n) is 3.16. The summed E-state index contributed by atoms with van der Waals surface area (Å²) in [6.45, 7) is 2.47. The highest BCUT2D eigenvalue weighted by atomic mass is 79.9. The first-order valence-electron chi connectivity index (χ1n) is 9.97. The van der Waals surface area contributed by atoms with Crippen molar-refractivity contribution in [3.8, 4) is 11.5 Å². The lowest BCUT2D eigenvalue weighted by Gasteiger charge is -2.20. The quantitative estimate of drug-likeness (QED) is 0.298. The molecule has 0 heterocycles. The number of para-hydroxylation sites is 1. The van der Waals surface area contributed by atoms with E-state index in [4.69, 9.17) is 9.47 Å². The maximum Gasteiger partial charge on any atom is 0.347 e. The van der Waals surface area contributed by atoms with E-state index in [1.165, 1.54) is 0 Å². The van der Waals surface area contributed by atoms with E-state index in [-0.39, 0.29) is 23.5 Å². The molecule has 31 heavy (non-hydrogen) atoms. The van der Waals surface area contributed by atoms with Gasteiger partial charge in [-0.2, -0.15) is 0 Å². The van der Waals surface area contributed by atoms with E-state index in [1.54, 1.807) is 31.2 Å². The van der Waals surface area contributed by atoms with E-state index in [1.807, 2.05) is 55.4 Å². The van der Waals surface area contributed by atoms with Crippen LogP contribution in [0.15, 0.2) is 65.1 Å². The molecule has 3 rings (SSSR count). The van der Waals surface area contributed by atoms with Gasteiger partial charge in [-0.15, -0.1) is 0 Å². The molecule has 4 nitrogen and oxygen atoms in total. The van der Waals surface area contributed by atoms with Crippen molar-refractivity contribution in [1.82, 2.24) is 4.90 Å². The third kappa shape index (κ3) is 5.71. The summed E-state index contributed by atoms with van der Waals surface area (Å²) in [5.74, 6) is -0.419. The molecule has 0 aliphatic rings. The monoisotopic (exact) mass is 485 g/mol. The number of nitrogens with zero attached hydrogens (tertiary/aromatic N) is 1. The lowest BCUT2D eigenvalue weighted by molar-refractivity contribution is 0.0728. The van der Waals surface area contributed by atoms with Gasteiger partial charge in [-0.25, -0.2) is 9.18 Å². The summed E-state index contributed by atoms with van der Waals surface area (Å²) in [6, 6.07) is 18.3. The summed E-state index contributed by atoms with van der Waals surface area (Å²) in [5.41, 5.74) is 1.71. The molecule has 0 amide bonds. The van der Waals surface area contributed by atoms with Crippen LogP contribution < -0.4 is 9.47 Å². The molecule has 0 unspecified atom stereocenters. The van der Waals surface area contributed by atoms with Gasteiger partial charge < -0.3 is 14.4 Å². The lowest BCUT2D eigenvalue weighted by Crippen LogP contribution is -2.19. The van der Waals surface area contributed by atoms with Gasteiger partial charge in [0.25, 0.3) is 0 Å². The molecular weight excluding hydrogens is 461 g/mol. The number of esters is 1. The number of halogens is 2. The molecule has 0 N–H and O–H groups in total. The molecule has 0 aliphatic heterocycles. The molecule has 0 saturated carbocycles. The number of likely N-dealkylation sites (N-methyl/N-ethyl adjacent to an activating group) is 1. The van der Waals surface area contributed by atoms with Gasteiger partial charge in [0.2, 0.25) is 0 Å². The Morgan fingerprint density at radius 3 is 2.26 bits per heavy atom. The van der Waals surface area contributed by atoms with Crippen LogP contribution in [0.25, 0.3) is 0 Å². The molecule has 0 bridgehead atoms. The summed E-state index contributed by atoms with van der Waals surface area (Å²) in [7, 11) is 3.86. The minimum Gasteiger partial charge on any atom is -0.487 e. The van der Waals surface area contributed by atoms with Crippen LogP contribution in [0, 0.1) is 12.7 Å². The van der Waals surface area contributed by atoms with Crippen LogP contribution in [0.5, 0.6) is 11.5 Å². The summed E-state index contributed by atoms with van der Waals surface area (Å²) in [4.78, 5) is 15.0. The van der Waals surface area contributed by atoms with Crippen LogP contribution in [0.4, 0.5) is 4.39 Å². The van der Waals surface area contributed by atoms with Gasteiger partial charge in [-0.1, -0.05) is 48.5 Å². The Hall–Kier alpha value is -2.70. The van der Waals surface area contributed by atoms with Crippen LogP contribution in [-0.4, -0.2) is 31.5 Å². The number of ether oxygens (including phenoxy) is 2. The summed E-state index contributed by atoms with van der Waals surface area (Å²) < 4.78 is 27.3. The molecule has 0 radical (unpaired) electrons. The maximum absolute atomic E-state index is 15.3. The highest BCUT2D eigenvalue weighted by Crippen LogP contribution is 2.39. The van der Waals surface area contributed by atoms with Crippen molar-refractivity contribution in [3.05, 3.63) is 93.2 Å². The minimum absolute atomic E-state index is 0.0813. The van der Waals surface area contributed by atoms with Gasteiger partial charge in [-0.3, -0.25) is 0 Å². The Kier molecular flexibility index (Phi) is 7.82. The van der Waals surface area contributed by atoms with Gasteiger partial charge >= 0.3 is 5.97 Å². The number of hydrogen-bond acceptors (Lipinski definition) is 4. The number of hydrogen-bond donors (Lipinski definition) is 0. The Bertz CT molecular complexity index is 1040. The van der Waals surface area contributed by atoms with Crippen molar-refractivity contribution in [2.75, 3.05) is 20.6 Å². The molecular formula is C25H25BrFNO3. The van der Waals surface area contributed by atoms with Crippen molar-refractivity contribution in [2.45, 2.75) is 20.0 Å². The summed E-state index contributed by atoms with van der Waals surface area (Å²) in [5, 5.41) is 0. The molecule has 0 aromatic heterocycles. The topological polar surface area (TPSA) is 38.8 Å². The molecule has 0 atom stereocenters. The molecule has 3 aromatic rings. The zero-order valence-corrected chi connectivity index (χ0v) is 19.4. The normalized spacial score (nSPS) is 10.9. The predicted octanol–water partition coefficient (Wildman–Crippen LogP) is 5.80. The van der Waals surface area contributed by atoms with Gasteiger partial charge in [0.05, 0.1) is 4.47 Å². The second kappa shape index (κ2) is 10.6. The molecule has 0 saturated heterocycles. The SMILES string of the molecule is Cc1c(F)c(CCN(C)C)c(Br)c(OCc2ccccc2)c1C(=O)Oc1ccccc1. The van der Waals surface area contributed by atoms with Crippen molar-refractivity contribution in [3.63, 3.8) is 0 Å². The molecule has 0 fully saturated rings. The molecule has 6 heteroatoms. The van der Waals surface area contributed by atoms with Gasteiger partial charge in [0, 0.05) is 17.7 Å². The van der Waals surface area contributed by atoms with Crippen LogP contribution in [-0.2, 0) is 13.0 Å². The standard InChI is InChI=1S/C25H25BrFNO3/c1-17-21(25(29)31-19-12-8-5-9-13-19)24(30-16-18-10-6-4-7-11-18)22(26)20(23(17)27)14-15-28(2)3/h4-13H,14-16H2,1-3H3. The van der Waals surface area contributed by atoms with Crippen LogP contribution in [0.1, 0.15) is 27.0 Å². The van der Waals surface area contributed by atoms with Crippen molar-refractivity contribution >= 4 is 21.9 Å². The zero-order chi connectivity index (χ0) is 22.4. The van der Waals surface area contributed by atoms with E-state index in [9.17, 15) is 4.79 Å². The van der Waals surface area contributed by atoms with E-state index < -0.39 is 11.8 Å². The first-order valence-corrected chi connectivity index (χ1v) is 10.8. The van der Waals surface area contributed by atoms with E-state index in [0.717, 1.165) is 5.56 Å². The number of benzene rings is 3. The fraction of sp³-hybridized carbons (Fsp3) is 0.240. The highest BCUT2D eigenvalue weighted by molar-refractivity contribution is 9.10. The molecule has 0 spiro atoms. The first-order chi connectivity index (χ1) is 14.9. The first kappa shape index (κ1) is 23.0. The second-order valence-electron chi connectivity index (χ2n) is 7.47. The van der Waals surface area contributed by atoms with Crippen LogP contribution in [0.2, 0.25) is 0 Å². The van der Waals surface area contributed by atoms with Crippen LogP contribution in [0.3, 0.4) is 0 Å². The van der Waals surface area contributed by atoms with Gasteiger partial charge in [0.1, 0.15) is 29.5 Å². The van der Waals surface area contributed by atoms with E-state index in [2.05, 4.69) is 15.9 Å². The predicted molar refractivity (Wildman–Crippen MR) is 123 cm³/mol. The fourth-order valence-corrected chi connectivity index (χ4v) is 3.85. The molecule has 162 valence electrons. The van der Waals surface area contributed by atoms with Gasteiger partial charge in [0.15, 0.2) is 0 Å². The Labute approximate surface area is 190 Å². The average molecular weight is 486 g/mol. The summed E-state index contributed by atoms with van der Waals surface area (Å²) in [6.07, 6.45) is 0.468. The minimum atomic E-state index is -0.662. The van der Waals surface area contributed by atoms with E-state index in [0.29, 0.717) is 28.8 Å². The third-order valence-electron chi connectivity index (χ3n) is 4.85. The van der Waals surface area contributed by atoms with E-state index >= 15 is 4.39 Å². The highest BCUT2D eigenvalue weighted by Gasteiger charge is 2.27. The zero-order valence-electron chi connectivity index (χ0n) is 17.8. The number of carbonyl (C=O) groups excluding carboxylic acids is 1. The molecule has 3 aromatic carbocycles. The van der Waals surface area contributed by atoms with Crippen LogP contribution >= 0.6 is 15.9 Å². The average Bonchev–Trinajstić information content (AvgIpc) is 2.76. The summed E-state index contributed by atoms with van der Waals surface area (Å²) >= 11 is 3.50. The maximum atomic E-state index is 15.3. The largest absolute Gasteiger partial charge is 0.487 e. The van der Waals surface area contributed by atoms with Crippen molar-refractivity contribution in [1.29, 1.82) is 0 Å². The Morgan fingerprint density at radius 2 is 1.65 bits per heavy atom. The van der Waals surface area contributed by atoms with Crippen molar-refractivity contribution < 1.29 is 18.7 Å². The van der Waals surface area contributed by atoms with Crippen molar-refractivity contribution in [2.24, 2.45) is 0 Å². The Morgan fingerprint density at radius 1 is 1.03 bits per heavy atom. The second-order valence-corrected chi connectivity index (χ2v) is 8.26. The number of carbonyl (C=O) groups is 1. The molecule has 0 aliphatic carbocycles. The lowest BCUT2D eigenvalue weighted by atomic mass is 10.00. The van der Waals surface area contributed by atoms with Gasteiger partial charge in [-0.05, 0) is 61.1 Å². The smallest absolute Gasteiger partial charge is 0.347 e. The third-order valence-corrected chi connectivity index (χ3v) is 5.69. The number of rotatable bonds is 8. The Balaban J connectivity index is 2.02.